The van der Waals surface area contributed by atoms with E-state index in [4.69, 9.17) is 0 Å². The van der Waals surface area contributed by atoms with E-state index in [-0.39, 0.29) is 6.03 Å². The van der Waals surface area contributed by atoms with Gasteiger partial charge < -0.3 is 0 Å². The van der Waals surface area contributed by atoms with Crippen LogP contribution in [-0.2, 0) is 10.9 Å². The summed E-state index contributed by atoms with van der Waals surface area (Å²) in [5, 5.41) is 3.86. The summed E-state index contributed by atoms with van der Waals surface area (Å²) in [5.74, 6) is 0. The third kappa shape index (κ3) is 2.64. The maximum atomic E-state index is 11.9. The van der Waals surface area contributed by atoms with Crippen LogP contribution in [0, 0.1) is 0 Å². The van der Waals surface area contributed by atoms with Crippen LogP contribution >= 0.6 is 0 Å². The highest BCUT2D eigenvalue weighted by atomic mass is 32.2. The van der Waals surface area contributed by atoms with Gasteiger partial charge in [-0.2, -0.15) is 9.82 Å². The Bertz CT molecular complexity index is 432. The van der Waals surface area contributed by atoms with Crippen LogP contribution < -0.4 is 10.1 Å². The summed E-state index contributed by atoms with van der Waals surface area (Å²) in [5.41, 5.74) is 2.40. The van der Waals surface area contributed by atoms with Crippen molar-refractivity contribution in [3.05, 3.63) is 0 Å². The number of rotatable bonds is 3. The van der Waals surface area contributed by atoms with Crippen LogP contribution in [0.5, 0.6) is 0 Å². The Morgan fingerprint density at radius 1 is 1.33 bits per heavy atom. The molecule has 0 saturated heterocycles. The van der Waals surface area contributed by atoms with Crippen LogP contribution in [0.15, 0.2) is 5.10 Å². The third-order valence-electron chi connectivity index (χ3n) is 3.47. The van der Waals surface area contributed by atoms with Crippen LogP contribution in [0.4, 0.5) is 4.79 Å². The lowest BCUT2D eigenvalue weighted by Gasteiger charge is -2.46. The number of hydrazone groups is 1. The second kappa shape index (κ2) is 5.23. The van der Waals surface area contributed by atoms with Gasteiger partial charge in [0.05, 0.1) is 12.3 Å². The number of hydrogen-bond donors (Lipinski definition) is 3. The molecular formula is C10H18N4O3S. The fourth-order valence-electron chi connectivity index (χ4n) is 2.63. The Morgan fingerprint density at radius 3 is 2.61 bits per heavy atom. The highest BCUT2D eigenvalue weighted by Crippen LogP contribution is 2.32. The molecule has 0 bridgehead atoms. The second-order valence-electron chi connectivity index (χ2n) is 4.81. The Hall–Kier alpha value is -1.15. The van der Waals surface area contributed by atoms with Crippen LogP contribution in [0.1, 0.15) is 39.0 Å². The number of nitrogens with one attached hydrogen (secondary N) is 2. The lowest BCUT2D eigenvalue weighted by atomic mass is 9.88. The number of carbonyl (C=O) groups excluding carboxylic acids is 1. The molecule has 0 aromatic carbocycles. The summed E-state index contributed by atoms with van der Waals surface area (Å²) < 4.78 is 24.7. The molecule has 102 valence electrons. The van der Waals surface area contributed by atoms with Gasteiger partial charge in [-0.05, 0) is 32.6 Å². The van der Waals surface area contributed by atoms with E-state index < -0.39 is 16.6 Å². The lowest BCUT2D eigenvalue weighted by molar-refractivity contribution is 0.0776. The molecule has 0 atom stereocenters. The number of nitrogens with zero attached hydrogens (tertiary/aromatic N) is 2. The molecule has 2 aliphatic rings. The maximum Gasteiger partial charge on any atom is 0.339 e. The maximum absolute atomic E-state index is 11.9. The molecular weight excluding hydrogens is 256 g/mol. The van der Waals surface area contributed by atoms with Crippen LogP contribution in [0.25, 0.3) is 0 Å². The Balaban J connectivity index is 2.27. The average molecular weight is 274 g/mol. The molecule has 1 heterocycles. The van der Waals surface area contributed by atoms with E-state index in [9.17, 15) is 13.2 Å². The fraction of sp³-hybridized carbons (Fsp3) is 0.800. The van der Waals surface area contributed by atoms with Crippen molar-refractivity contribution in [2.24, 2.45) is 5.10 Å². The fourth-order valence-corrected chi connectivity index (χ4v) is 3.32. The normalized spacial score (nSPS) is 23.8. The van der Waals surface area contributed by atoms with E-state index in [1.54, 1.807) is 11.8 Å². The van der Waals surface area contributed by atoms with Gasteiger partial charge >= 0.3 is 6.03 Å². The number of hydrogen-bond acceptors (Lipinski definition) is 4. The number of amides is 2. The molecule has 1 aliphatic carbocycles. The molecule has 0 aromatic rings. The third-order valence-corrected chi connectivity index (χ3v) is 4.07. The molecule has 0 radical (unpaired) electrons. The summed E-state index contributed by atoms with van der Waals surface area (Å²) in [6.07, 6.45) is 4.20. The molecule has 0 spiro atoms. The van der Waals surface area contributed by atoms with Crippen molar-refractivity contribution < 1.29 is 13.2 Å². The molecule has 0 aromatic heterocycles. The zero-order valence-electron chi connectivity index (χ0n) is 10.3. The van der Waals surface area contributed by atoms with Gasteiger partial charge in [0.2, 0.25) is 10.9 Å². The van der Waals surface area contributed by atoms with Gasteiger partial charge in [-0.25, -0.2) is 18.6 Å². The van der Waals surface area contributed by atoms with Crippen molar-refractivity contribution in [2.75, 3.05) is 6.54 Å². The first kappa shape index (κ1) is 13.3. The first-order chi connectivity index (χ1) is 8.53. The molecule has 0 unspecified atom stereocenters. The van der Waals surface area contributed by atoms with Gasteiger partial charge in [-0.3, -0.25) is 4.90 Å². The van der Waals surface area contributed by atoms with Gasteiger partial charge in [0, 0.05) is 0 Å². The molecule has 1 fully saturated rings. The summed E-state index contributed by atoms with van der Waals surface area (Å²) in [6, 6.07) is -0.341. The van der Waals surface area contributed by atoms with Gasteiger partial charge in [0.1, 0.15) is 5.66 Å². The topological polar surface area (TPSA) is 90.9 Å². The predicted octanol–water partition coefficient (Wildman–Crippen LogP) is 0.164. The lowest BCUT2D eigenvalue weighted by Crippen LogP contribution is -2.65. The summed E-state index contributed by atoms with van der Waals surface area (Å²) in [4.78, 5) is 13.5. The molecule has 2 amide bonds. The van der Waals surface area contributed by atoms with Gasteiger partial charge in [0.15, 0.2) is 0 Å². The van der Waals surface area contributed by atoms with Crippen molar-refractivity contribution >= 4 is 22.6 Å². The van der Waals surface area contributed by atoms with Crippen molar-refractivity contribution in [1.82, 2.24) is 15.0 Å². The Labute approximate surface area is 108 Å². The molecule has 2 rings (SSSR count). The highest BCUT2D eigenvalue weighted by Gasteiger charge is 2.42. The van der Waals surface area contributed by atoms with Gasteiger partial charge in [-0.15, -0.1) is 0 Å². The van der Waals surface area contributed by atoms with E-state index in [1.807, 2.05) is 0 Å². The number of carbonyl (C=O) groups is 1. The SMILES string of the molecule is CC1=NNC(=O)N(C2(N[SH](=O)=O)CCCCC2)C1. The predicted molar refractivity (Wildman–Crippen MR) is 67.6 cm³/mol. The van der Waals surface area contributed by atoms with E-state index in [2.05, 4.69) is 15.2 Å². The number of urea groups is 1. The van der Waals surface area contributed by atoms with Crippen molar-refractivity contribution in [2.45, 2.75) is 44.7 Å². The quantitative estimate of drug-likeness (QED) is 0.640. The molecule has 18 heavy (non-hydrogen) atoms. The van der Waals surface area contributed by atoms with E-state index in [0.717, 1.165) is 25.0 Å². The van der Waals surface area contributed by atoms with Gasteiger partial charge in [-0.1, -0.05) is 6.42 Å². The first-order valence-corrected chi connectivity index (χ1v) is 7.24. The minimum Gasteiger partial charge on any atom is -0.298 e. The Kier molecular flexibility index (Phi) is 3.86. The second-order valence-corrected chi connectivity index (χ2v) is 5.55. The molecule has 1 aliphatic heterocycles. The van der Waals surface area contributed by atoms with Gasteiger partial charge in [0.25, 0.3) is 0 Å². The summed E-state index contributed by atoms with van der Waals surface area (Å²) in [7, 11) is -2.74. The zero-order valence-corrected chi connectivity index (χ0v) is 11.2. The van der Waals surface area contributed by atoms with E-state index in [0.29, 0.717) is 19.4 Å². The molecule has 8 heteroatoms. The van der Waals surface area contributed by atoms with Crippen molar-refractivity contribution in [3.8, 4) is 0 Å². The van der Waals surface area contributed by atoms with Crippen LogP contribution in [0.2, 0.25) is 0 Å². The zero-order chi connectivity index (χ0) is 13.2. The first-order valence-electron chi connectivity index (χ1n) is 6.06. The summed E-state index contributed by atoms with van der Waals surface area (Å²) in [6.45, 7) is 2.17. The Morgan fingerprint density at radius 2 is 2.00 bits per heavy atom. The highest BCUT2D eigenvalue weighted by molar-refractivity contribution is 7.70. The molecule has 7 nitrogen and oxygen atoms in total. The minimum absolute atomic E-state index is 0.341. The molecule has 2 N–H and O–H groups in total. The number of thiol groups is 1. The van der Waals surface area contributed by atoms with E-state index in [1.165, 1.54) is 0 Å². The van der Waals surface area contributed by atoms with Crippen LogP contribution in [-0.4, -0.2) is 37.3 Å². The largest absolute Gasteiger partial charge is 0.339 e. The minimum atomic E-state index is -2.74. The standard InChI is InChI=1S/C10H18N4O3S/c1-8-7-14(9(15)12-11-8)10(13-18(16)17)5-3-2-4-6-10/h18H,2-7H2,1H3,(H,12,15)(H,13,16,17). The van der Waals surface area contributed by atoms with Crippen molar-refractivity contribution in [1.29, 1.82) is 0 Å². The monoisotopic (exact) mass is 274 g/mol. The summed E-state index contributed by atoms with van der Waals surface area (Å²) >= 11 is 0. The smallest absolute Gasteiger partial charge is 0.298 e. The van der Waals surface area contributed by atoms with Crippen molar-refractivity contribution in [3.63, 3.8) is 0 Å². The average Bonchev–Trinajstić information content (AvgIpc) is 2.32. The van der Waals surface area contributed by atoms with E-state index >= 15 is 0 Å². The van der Waals surface area contributed by atoms with Crippen LogP contribution in [0.3, 0.4) is 0 Å². The molecule has 1 saturated carbocycles.